The van der Waals surface area contributed by atoms with Crippen molar-refractivity contribution in [1.82, 2.24) is 0 Å². The fourth-order valence-electron chi connectivity index (χ4n) is 0.638. The van der Waals surface area contributed by atoms with E-state index in [9.17, 15) is 4.79 Å². The van der Waals surface area contributed by atoms with Crippen LogP contribution in [0.1, 0.15) is 6.42 Å². The third kappa shape index (κ3) is 2.06. The van der Waals surface area contributed by atoms with Crippen molar-refractivity contribution in [2.75, 3.05) is 6.61 Å². The number of halogens is 1. The van der Waals surface area contributed by atoms with Crippen LogP contribution in [0.15, 0.2) is 0 Å². The molecule has 2 atom stereocenters. The first-order chi connectivity index (χ1) is 4.72. The van der Waals surface area contributed by atoms with Gasteiger partial charge in [-0.25, -0.2) is 0 Å². The number of aliphatic hydroxyl groups excluding tert-OH is 2. The Labute approximate surface area is 68.4 Å². The fraction of sp³-hybridized carbons (Fsp3) is 0.800. The zero-order valence-corrected chi connectivity index (χ0v) is 7.32. The van der Waals surface area contributed by atoms with Crippen LogP contribution < -0.4 is 21.2 Å². The summed E-state index contributed by atoms with van der Waals surface area (Å²) in [5.41, 5.74) is 0. The maximum absolute atomic E-state index is 10.6. The molecule has 1 fully saturated rings. The molecule has 0 saturated carbocycles. The van der Waals surface area contributed by atoms with E-state index in [2.05, 4.69) is 0 Å². The van der Waals surface area contributed by atoms with Crippen LogP contribution in [0.3, 0.4) is 0 Å². The van der Waals surface area contributed by atoms with Crippen LogP contribution in [0.25, 0.3) is 0 Å². The fourth-order valence-corrected chi connectivity index (χ4v) is 2.84. The van der Waals surface area contributed by atoms with E-state index >= 15 is 0 Å². The maximum atomic E-state index is 10.6. The Morgan fingerprint density at radius 2 is 2.50 bits per heavy atom. The predicted octanol–water partition coefficient (Wildman–Crippen LogP) is -4.34. The second kappa shape index (κ2) is 3.49. The molecule has 1 unspecified atom stereocenters. The topological polar surface area (TPSA) is 66.8 Å². The van der Waals surface area contributed by atoms with Gasteiger partial charge in [0.25, 0.3) is 0 Å². The zero-order valence-electron chi connectivity index (χ0n) is 5.16. The monoisotopic (exact) mass is 259 g/mol. The minimum atomic E-state index is -0.579. The summed E-state index contributed by atoms with van der Waals surface area (Å²) in [7, 11) is 0. The molecule has 0 aromatic rings. The van der Waals surface area contributed by atoms with Gasteiger partial charge in [0, 0.05) is 0 Å². The number of esters is 1. The number of cyclic esters (lactones) is 1. The molecule has 0 radical (unpaired) electrons. The SMILES string of the molecule is O=C1CC(O)[I-][C@@H](CO)O1. The van der Waals surface area contributed by atoms with Gasteiger partial charge in [0.2, 0.25) is 0 Å². The van der Waals surface area contributed by atoms with Crippen LogP contribution >= 0.6 is 0 Å². The number of ether oxygens (including phenoxy) is 1. The van der Waals surface area contributed by atoms with Crippen LogP contribution in [-0.2, 0) is 9.53 Å². The van der Waals surface area contributed by atoms with Gasteiger partial charge in [0.15, 0.2) is 0 Å². The van der Waals surface area contributed by atoms with Gasteiger partial charge < -0.3 is 0 Å². The van der Waals surface area contributed by atoms with Gasteiger partial charge in [0.1, 0.15) is 0 Å². The minimum absolute atomic E-state index is 0.101. The Kier molecular flexibility index (Phi) is 2.87. The summed E-state index contributed by atoms with van der Waals surface area (Å²) in [6.07, 6.45) is 0.101. The number of aliphatic hydroxyl groups is 2. The summed E-state index contributed by atoms with van der Waals surface area (Å²) < 4.78 is 3.78. The van der Waals surface area contributed by atoms with Crippen molar-refractivity contribution in [3.05, 3.63) is 0 Å². The summed E-state index contributed by atoms with van der Waals surface area (Å²) in [6, 6.07) is 0. The number of hydrogen-bond donors (Lipinski definition) is 2. The molecule has 1 saturated heterocycles. The molecule has 1 aliphatic heterocycles. The van der Waals surface area contributed by atoms with E-state index in [1.165, 1.54) is 0 Å². The van der Waals surface area contributed by atoms with E-state index in [4.69, 9.17) is 14.9 Å². The number of carbonyl (C=O) groups is 1. The second-order valence-corrected chi connectivity index (χ2v) is 5.39. The van der Waals surface area contributed by atoms with Gasteiger partial charge in [0.05, 0.1) is 0 Å². The van der Waals surface area contributed by atoms with Crippen LogP contribution in [0.5, 0.6) is 0 Å². The quantitative estimate of drug-likeness (QED) is 0.284. The molecule has 60 valence electrons. The Morgan fingerprint density at radius 1 is 1.80 bits per heavy atom. The van der Waals surface area contributed by atoms with E-state index in [0.717, 1.165) is 0 Å². The normalized spacial score (nSPS) is 34.4. The molecule has 0 amide bonds. The van der Waals surface area contributed by atoms with Crippen LogP contribution in [-0.4, -0.2) is 31.0 Å². The van der Waals surface area contributed by atoms with Crippen molar-refractivity contribution in [2.45, 2.75) is 14.6 Å². The molecule has 2 N–H and O–H groups in total. The first kappa shape index (κ1) is 8.22. The number of alkyl halides is 2. The van der Waals surface area contributed by atoms with Gasteiger partial charge in [-0.15, -0.1) is 0 Å². The van der Waals surface area contributed by atoms with Crippen LogP contribution in [0, 0.1) is 0 Å². The van der Waals surface area contributed by atoms with Gasteiger partial charge in [-0.3, -0.25) is 0 Å². The molecule has 0 aromatic carbocycles. The summed E-state index contributed by atoms with van der Waals surface area (Å²) in [5, 5.41) is 17.6. The van der Waals surface area contributed by atoms with Crippen molar-refractivity contribution in [3.8, 4) is 0 Å². The van der Waals surface area contributed by atoms with Crippen LogP contribution in [0.4, 0.5) is 0 Å². The standard InChI is InChI=1S/C5H8IO4/c7-2-4-6-3(8)1-5(9)10-4/h3-4,7-8H,1-2H2/q-1/t3?,4-/m1/s1. The predicted molar refractivity (Wildman–Crippen MR) is 27.6 cm³/mol. The molecule has 0 spiro atoms. The zero-order chi connectivity index (χ0) is 7.56. The average molecular weight is 259 g/mol. The van der Waals surface area contributed by atoms with Crippen LogP contribution in [0.2, 0.25) is 0 Å². The van der Waals surface area contributed by atoms with Crippen molar-refractivity contribution in [2.24, 2.45) is 0 Å². The molecule has 5 heteroatoms. The van der Waals surface area contributed by atoms with Gasteiger partial charge in [-0.1, -0.05) is 0 Å². The summed E-state index contributed by atoms with van der Waals surface area (Å²) in [6.45, 7) is -0.157. The first-order valence-corrected chi connectivity index (χ1v) is 5.32. The third-order valence-corrected chi connectivity index (χ3v) is 3.74. The first-order valence-electron chi connectivity index (χ1n) is 2.82. The molecular formula is C5H8IO4-. The number of hydrogen-bond acceptors (Lipinski definition) is 4. The molecule has 0 aromatic heterocycles. The molecular weight excluding hydrogens is 251 g/mol. The summed E-state index contributed by atoms with van der Waals surface area (Å²) in [5.74, 6) is -0.405. The van der Waals surface area contributed by atoms with E-state index in [1.54, 1.807) is 0 Å². The summed E-state index contributed by atoms with van der Waals surface area (Å²) in [4.78, 5) is 10.6. The van der Waals surface area contributed by atoms with Gasteiger partial charge in [-0.05, 0) is 0 Å². The molecule has 1 rings (SSSR count). The Bertz CT molecular complexity index is 138. The molecule has 10 heavy (non-hydrogen) atoms. The van der Waals surface area contributed by atoms with E-state index < -0.39 is 35.4 Å². The Morgan fingerprint density at radius 3 is 3.00 bits per heavy atom. The molecule has 0 bridgehead atoms. The van der Waals surface area contributed by atoms with E-state index in [0.29, 0.717) is 0 Å². The van der Waals surface area contributed by atoms with Crippen molar-refractivity contribution >= 4 is 5.97 Å². The third-order valence-electron chi connectivity index (χ3n) is 1.02. The molecule has 4 nitrogen and oxygen atoms in total. The summed E-state index contributed by atoms with van der Waals surface area (Å²) >= 11 is -0.579. The van der Waals surface area contributed by atoms with E-state index in [1.807, 2.05) is 0 Å². The number of carbonyl (C=O) groups excluding carboxylic acids is 1. The molecule has 0 aliphatic carbocycles. The molecule has 1 heterocycles. The number of rotatable bonds is 1. The van der Waals surface area contributed by atoms with Gasteiger partial charge >= 0.3 is 68.2 Å². The average Bonchev–Trinajstić information content (AvgIpc) is 1.85. The Balaban J connectivity index is 2.42. The van der Waals surface area contributed by atoms with Crippen molar-refractivity contribution in [1.29, 1.82) is 0 Å². The van der Waals surface area contributed by atoms with Crippen molar-refractivity contribution < 1.29 is 40.9 Å². The molecule has 1 aliphatic rings. The van der Waals surface area contributed by atoms with Gasteiger partial charge in [-0.2, -0.15) is 0 Å². The van der Waals surface area contributed by atoms with Crippen molar-refractivity contribution in [3.63, 3.8) is 0 Å². The van der Waals surface area contributed by atoms with E-state index in [-0.39, 0.29) is 13.0 Å². The second-order valence-electron chi connectivity index (χ2n) is 1.85. The Hall–Kier alpha value is 0.120.